The Morgan fingerprint density at radius 3 is 2.12 bits per heavy atom. The first-order valence-electron chi connectivity index (χ1n) is 5.66. The molecule has 2 N–H and O–H groups in total. The summed E-state index contributed by atoms with van der Waals surface area (Å²) in [6.45, 7) is 4.21. The minimum atomic E-state index is 0.855. The van der Waals surface area contributed by atoms with E-state index in [-0.39, 0.29) is 0 Å². The standard InChI is InChI=1S/C15H17N/c1-3-12-4-6-13(7-5-12)14-8-9-15(16)11(2)10-14/h4-10H,3,16H2,1-2H3. The zero-order chi connectivity index (χ0) is 11.5. The van der Waals surface area contributed by atoms with Crippen LogP contribution in [-0.2, 0) is 6.42 Å². The molecular weight excluding hydrogens is 194 g/mol. The van der Waals surface area contributed by atoms with Gasteiger partial charge in [-0.15, -0.1) is 0 Å². The minimum absolute atomic E-state index is 0.855. The molecule has 1 nitrogen and oxygen atoms in total. The van der Waals surface area contributed by atoms with Gasteiger partial charge in [-0.25, -0.2) is 0 Å². The lowest BCUT2D eigenvalue weighted by atomic mass is 10.0. The van der Waals surface area contributed by atoms with Crippen molar-refractivity contribution in [3.05, 3.63) is 53.6 Å². The molecule has 0 bridgehead atoms. The summed E-state index contributed by atoms with van der Waals surface area (Å²) in [4.78, 5) is 0. The maximum absolute atomic E-state index is 5.81. The summed E-state index contributed by atoms with van der Waals surface area (Å²) in [7, 11) is 0. The molecule has 0 amide bonds. The summed E-state index contributed by atoms with van der Waals surface area (Å²) in [5.41, 5.74) is 11.7. The van der Waals surface area contributed by atoms with Crippen LogP contribution < -0.4 is 5.73 Å². The molecule has 2 rings (SSSR count). The van der Waals surface area contributed by atoms with Crippen molar-refractivity contribution in [3.63, 3.8) is 0 Å². The van der Waals surface area contributed by atoms with E-state index in [9.17, 15) is 0 Å². The van der Waals surface area contributed by atoms with Crippen molar-refractivity contribution in [3.8, 4) is 11.1 Å². The average Bonchev–Trinajstić information content (AvgIpc) is 2.33. The summed E-state index contributed by atoms with van der Waals surface area (Å²) in [5, 5.41) is 0. The molecule has 0 atom stereocenters. The second-order valence-corrected chi connectivity index (χ2v) is 4.12. The molecule has 16 heavy (non-hydrogen) atoms. The number of nitrogen functional groups attached to an aromatic ring is 1. The van der Waals surface area contributed by atoms with Crippen LogP contribution in [0.25, 0.3) is 11.1 Å². The third kappa shape index (κ3) is 2.08. The van der Waals surface area contributed by atoms with Gasteiger partial charge in [0.2, 0.25) is 0 Å². The van der Waals surface area contributed by atoms with Crippen LogP contribution >= 0.6 is 0 Å². The third-order valence-corrected chi connectivity index (χ3v) is 2.97. The minimum Gasteiger partial charge on any atom is -0.399 e. The number of aryl methyl sites for hydroxylation is 2. The van der Waals surface area contributed by atoms with Crippen molar-refractivity contribution < 1.29 is 0 Å². The molecule has 2 aromatic carbocycles. The van der Waals surface area contributed by atoms with Gasteiger partial charge in [0, 0.05) is 5.69 Å². The lowest BCUT2D eigenvalue weighted by Crippen LogP contribution is -1.89. The van der Waals surface area contributed by atoms with Crippen molar-refractivity contribution in [1.29, 1.82) is 0 Å². The van der Waals surface area contributed by atoms with E-state index in [1.807, 2.05) is 13.0 Å². The Morgan fingerprint density at radius 2 is 1.56 bits per heavy atom. The van der Waals surface area contributed by atoms with E-state index in [0.29, 0.717) is 0 Å². The molecular formula is C15H17N. The number of rotatable bonds is 2. The number of benzene rings is 2. The van der Waals surface area contributed by atoms with Crippen LogP contribution in [0.5, 0.6) is 0 Å². The van der Waals surface area contributed by atoms with Crippen LogP contribution in [0.4, 0.5) is 5.69 Å². The van der Waals surface area contributed by atoms with Gasteiger partial charge in [-0.2, -0.15) is 0 Å². The lowest BCUT2D eigenvalue weighted by Gasteiger charge is -2.06. The van der Waals surface area contributed by atoms with E-state index in [4.69, 9.17) is 5.73 Å². The van der Waals surface area contributed by atoms with Crippen LogP contribution in [0.3, 0.4) is 0 Å². The van der Waals surface area contributed by atoms with Crippen molar-refractivity contribution in [2.45, 2.75) is 20.3 Å². The zero-order valence-corrected chi connectivity index (χ0v) is 9.83. The van der Waals surface area contributed by atoms with E-state index in [1.54, 1.807) is 0 Å². The van der Waals surface area contributed by atoms with Crippen LogP contribution in [0, 0.1) is 6.92 Å². The fourth-order valence-corrected chi connectivity index (χ4v) is 1.79. The molecule has 1 heteroatoms. The number of anilines is 1. The number of hydrogen-bond donors (Lipinski definition) is 1. The molecule has 0 saturated carbocycles. The summed E-state index contributed by atoms with van der Waals surface area (Å²) < 4.78 is 0. The predicted molar refractivity (Wildman–Crippen MR) is 70.4 cm³/mol. The quantitative estimate of drug-likeness (QED) is 0.751. The first kappa shape index (κ1) is 10.7. The van der Waals surface area contributed by atoms with Crippen molar-refractivity contribution in [2.24, 2.45) is 0 Å². The molecule has 0 saturated heterocycles. The second kappa shape index (κ2) is 4.40. The summed E-state index contributed by atoms with van der Waals surface area (Å²) in [6.07, 6.45) is 1.08. The SMILES string of the molecule is CCc1ccc(-c2ccc(N)c(C)c2)cc1. The van der Waals surface area contributed by atoms with E-state index in [2.05, 4.69) is 43.3 Å². The molecule has 2 aromatic rings. The fraction of sp³-hybridized carbons (Fsp3) is 0.200. The van der Waals surface area contributed by atoms with E-state index >= 15 is 0 Å². The average molecular weight is 211 g/mol. The molecule has 0 aliphatic carbocycles. The molecule has 0 radical (unpaired) electrons. The highest BCUT2D eigenvalue weighted by Gasteiger charge is 2.00. The topological polar surface area (TPSA) is 26.0 Å². The van der Waals surface area contributed by atoms with Crippen LogP contribution in [0.2, 0.25) is 0 Å². The number of nitrogens with two attached hydrogens (primary N) is 1. The summed E-state index contributed by atoms with van der Waals surface area (Å²) in [5.74, 6) is 0. The molecule has 0 unspecified atom stereocenters. The zero-order valence-electron chi connectivity index (χ0n) is 9.83. The van der Waals surface area contributed by atoms with Gasteiger partial charge in [-0.05, 0) is 47.7 Å². The van der Waals surface area contributed by atoms with Gasteiger partial charge in [0.05, 0.1) is 0 Å². The van der Waals surface area contributed by atoms with Crippen molar-refractivity contribution in [1.82, 2.24) is 0 Å². The predicted octanol–water partition coefficient (Wildman–Crippen LogP) is 3.81. The van der Waals surface area contributed by atoms with Crippen molar-refractivity contribution in [2.75, 3.05) is 5.73 Å². The Balaban J connectivity index is 2.38. The maximum Gasteiger partial charge on any atom is 0.0344 e. The van der Waals surface area contributed by atoms with E-state index in [1.165, 1.54) is 16.7 Å². The first-order valence-corrected chi connectivity index (χ1v) is 5.66. The first-order chi connectivity index (χ1) is 7.70. The maximum atomic E-state index is 5.81. The fourth-order valence-electron chi connectivity index (χ4n) is 1.79. The van der Waals surface area contributed by atoms with Crippen LogP contribution in [0.15, 0.2) is 42.5 Å². The highest BCUT2D eigenvalue weighted by atomic mass is 14.5. The smallest absolute Gasteiger partial charge is 0.0344 e. The van der Waals surface area contributed by atoms with Gasteiger partial charge in [-0.1, -0.05) is 37.3 Å². The Bertz CT molecular complexity index is 483. The van der Waals surface area contributed by atoms with Gasteiger partial charge in [0.15, 0.2) is 0 Å². The molecule has 0 aliphatic heterocycles. The van der Waals surface area contributed by atoms with Gasteiger partial charge in [-0.3, -0.25) is 0 Å². The lowest BCUT2D eigenvalue weighted by molar-refractivity contribution is 1.14. The van der Waals surface area contributed by atoms with Crippen molar-refractivity contribution >= 4 is 5.69 Å². The van der Waals surface area contributed by atoms with Gasteiger partial charge < -0.3 is 5.73 Å². The van der Waals surface area contributed by atoms with Gasteiger partial charge in [0.25, 0.3) is 0 Å². The Morgan fingerprint density at radius 1 is 0.938 bits per heavy atom. The van der Waals surface area contributed by atoms with Crippen LogP contribution in [-0.4, -0.2) is 0 Å². The van der Waals surface area contributed by atoms with E-state index in [0.717, 1.165) is 17.7 Å². The van der Waals surface area contributed by atoms with Crippen LogP contribution in [0.1, 0.15) is 18.1 Å². The molecule has 0 aromatic heterocycles. The van der Waals surface area contributed by atoms with Gasteiger partial charge >= 0.3 is 0 Å². The molecule has 0 aliphatic rings. The largest absolute Gasteiger partial charge is 0.399 e. The third-order valence-electron chi connectivity index (χ3n) is 2.97. The monoisotopic (exact) mass is 211 g/mol. The highest BCUT2D eigenvalue weighted by Crippen LogP contribution is 2.23. The summed E-state index contributed by atoms with van der Waals surface area (Å²) in [6, 6.07) is 14.9. The Hall–Kier alpha value is -1.76. The Labute approximate surface area is 96.9 Å². The van der Waals surface area contributed by atoms with E-state index < -0.39 is 0 Å². The molecule has 0 heterocycles. The highest BCUT2D eigenvalue weighted by molar-refractivity contribution is 5.67. The Kier molecular flexibility index (Phi) is 2.95. The second-order valence-electron chi connectivity index (χ2n) is 4.12. The van der Waals surface area contributed by atoms with Gasteiger partial charge in [0.1, 0.15) is 0 Å². The molecule has 82 valence electrons. The molecule has 0 spiro atoms. The molecule has 0 fully saturated rings. The summed E-state index contributed by atoms with van der Waals surface area (Å²) >= 11 is 0. The normalized spacial score (nSPS) is 10.4. The number of hydrogen-bond acceptors (Lipinski definition) is 1.